The summed E-state index contributed by atoms with van der Waals surface area (Å²) in [5.74, 6) is 0.895. The number of carbonyl (C=O) groups excluding carboxylic acids is 1. The molecule has 1 saturated heterocycles. The zero-order valence-electron chi connectivity index (χ0n) is 14.9. The first-order chi connectivity index (χ1) is 11.6. The van der Waals surface area contributed by atoms with E-state index in [-0.39, 0.29) is 23.7 Å². The highest BCUT2D eigenvalue weighted by molar-refractivity contribution is 9.10. The smallest absolute Gasteiger partial charge is 0.220 e. The first-order valence-corrected chi connectivity index (χ1v) is 9.17. The molecule has 1 aliphatic heterocycles. The zero-order valence-corrected chi connectivity index (χ0v) is 17.3. The number of ether oxygens (including phenoxy) is 2. The predicted octanol–water partition coefficient (Wildman–Crippen LogP) is 2.94. The normalized spacial score (nSPS) is 16.0. The average Bonchev–Trinajstić information content (AvgIpc) is 2.59. The van der Waals surface area contributed by atoms with Gasteiger partial charge in [-0.2, -0.15) is 0 Å². The number of hydrogen-bond donors (Lipinski definition) is 2. The number of carbonyl (C=O) groups is 1. The van der Waals surface area contributed by atoms with Crippen molar-refractivity contribution in [1.29, 1.82) is 0 Å². The van der Waals surface area contributed by atoms with E-state index >= 15 is 0 Å². The molecular weight excluding hydrogens is 408 g/mol. The van der Waals surface area contributed by atoms with Crippen LogP contribution in [0.5, 0.6) is 5.75 Å². The van der Waals surface area contributed by atoms with E-state index in [1.54, 1.807) is 14.2 Å². The predicted molar refractivity (Wildman–Crippen MR) is 106 cm³/mol. The van der Waals surface area contributed by atoms with Crippen LogP contribution in [0.3, 0.4) is 0 Å². The number of benzene rings is 1. The number of nitrogens with one attached hydrogen (secondary N) is 2. The SMILES string of the molecule is COCC1(CNC(=O)CCc2ccc(OC)c(Br)c2)CCNCC1.Cl. The average molecular weight is 436 g/mol. The van der Waals surface area contributed by atoms with Gasteiger partial charge in [0.05, 0.1) is 18.2 Å². The van der Waals surface area contributed by atoms with Crippen molar-refractivity contribution in [2.75, 3.05) is 40.5 Å². The van der Waals surface area contributed by atoms with Crippen LogP contribution >= 0.6 is 28.3 Å². The third-order valence-electron chi connectivity index (χ3n) is 4.63. The van der Waals surface area contributed by atoms with Gasteiger partial charge in [-0.1, -0.05) is 6.07 Å². The van der Waals surface area contributed by atoms with Gasteiger partial charge in [0.2, 0.25) is 5.91 Å². The molecule has 1 fully saturated rings. The van der Waals surface area contributed by atoms with Crippen LogP contribution in [0.1, 0.15) is 24.8 Å². The summed E-state index contributed by atoms with van der Waals surface area (Å²) in [4.78, 5) is 12.2. The molecule has 0 unspecified atom stereocenters. The number of amides is 1. The van der Waals surface area contributed by atoms with Gasteiger partial charge in [-0.15, -0.1) is 12.4 Å². The molecule has 25 heavy (non-hydrogen) atoms. The van der Waals surface area contributed by atoms with Crippen LogP contribution < -0.4 is 15.4 Å². The zero-order chi connectivity index (χ0) is 17.4. The second-order valence-corrected chi connectivity index (χ2v) is 7.28. The van der Waals surface area contributed by atoms with Crippen LogP contribution in [0.2, 0.25) is 0 Å². The fourth-order valence-electron chi connectivity index (χ4n) is 3.13. The molecule has 0 bridgehead atoms. The summed E-state index contributed by atoms with van der Waals surface area (Å²) in [5.41, 5.74) is 1.19. The van der Waals surface area contributed by atoms with Gasteiger partial charge >= 0.3 is 0 Å². The highest BCUT2D eigenvalue weighted by Crippen LogP contribution is 2.28. The number of hydrogen-bond acceptors (Lipinski definition) is 4. The van der Waals surface area contributed by atoms with Crippen molar-refractivity contribution < 1.29 is 14.3 Å². The van der Waals surface area contributed by atoms with E-state index in [1.165, 1.54) is 0 Å². The fraction of sp³-hybridized carbons (Fsp3) is 0.611. The Hall–Kier alpha value is -0.820. The Labute approximate surface area is 164 Å². The Kier molecular flexibility index (Phi) is 9.79. The van der Waals surface area contributed by atoms with Gasteiger partial charge in [0.15, 0.2) is 0 Å². The van der Waals surface area contributed by atoms with Gasteiger partial charge < -0.3 is 20.1 Å². The van der Waals surface area contributed by atoms with E-state index in [2.05, 4.69) is 26.6 Å². The molecule has 0 atom stereocenters. The van der Waals surface area contributed by atoms with Crippen LogP contribution in [-0.2, 0) is 16.0 Å². The standard InChI is InChI=1S/C18H27BrN2O3.ClH/c1-23-13-18(7-9-20-10-8-18)12-21-17(22)6-4-14-3-5-16(24-2)15(19)11-14;/h3,5,11,20H,4,6-10,12-13H2,1-2H3,(H,21,22);1H. The summed E-state index contributed by atoms with van der Waals surface area (Å²) < 4.78 is 11.5. The van der Waals surface area contributed by atoms with E-state index < -0.39 is 0 Å². The van der Waals surface area contributed by atoms with Gasteiger partial charge in [-0.25, -0.2) is 0 Å². The van der Waals surface area contributed by atoms with Crippen molar-refractivity contribution in [3.63, 3.8) is 0 Å². The van der Waals surface area contributed by atoms with Crippen molar-refractivity contribution >= 4 is 34.2 Å². The first kappa shape index (κ1) is 22.2. The maximum atomic E-state index is 12.2. The van der Waals surface area contributed by atoms with Crippen molar-refractivity contribution in [3.8, 4) is 5.75 Å². The maximum Gasteiger partial charge on any atom is 0.220 e. The quantitative estimate of drug-likeness (QED) is 0.659. The molecule has 1 aliphatic rings. The molecule has 2 N–H and O–H groups in total. The fourth-order valence-corrected chi connectivity index (χ4v) is 3.72. The molecule has 1 aromatic carbocycles. The molecule has 5 nitrogen and oxygen atoms in total. The van der Waals surface area contributed by atoms with Gasteiger partial charge in [0.1, 0.15) is 5.75 Å². The second kappa shape index (κ2) is 11.0. The number of methoxy groups -OCH3 is 2. The van der Waals surface area contributed by atoms with Gasteiger partial charge in [-0.05, 0) is 66.0 Å². The second-order valence-electron chi connectivity index (χ2n) is 6.43. The molecule has 0 aromatic heterocycles. The third kappa shape index (κ3) is 6.77. The molecular formula is C18H28BrClN2O3. The molecule has 0 aliphatic carbocycles. The number of rotatable bonds is 8. The monoisotopic (exact) mass is 434 g/mol. The number of piperidine rings is 1. The van der Waals surface area contributed by atoms with E-state index in [4.69, 9.17) is 9.47 Å². The Morgan fingerprint density at radius 1 is 1.32 bits per heavy atom. The molecule has 0 radical (unpaired) electrons. The molecule has 0 spiro atoms. The summed E-state index contributed by atoms with van der Waals surface area (Å²) in [7, 11) is 3.37. The van der Waals surface area contributed by atoms with Crippen LogP contribution in [0.4, 0.5) is 0 Å². The summed E-state index contributed by atoms with van der Waals surface area (Å²) >= 11 is 3.48. The highest BCUT2D eigenvalue weighted by Gasteiger charge is 2.32. The van der Waals surface area contributed by atoms with Gasteiger partial charge in [0.25, 0.3) is 0 Å². The lowest BCUT2D eigenvalue weighted by Crippen LogP contribution is -2.47. The maximum absolute atomic E-state index is 12.2. The minimum atomic E-state index is 0. The van der Waals surface area contributed by atoms with Crippen molar-refractivity contribution in [1.82, 2.24) is 10.6 Å². The molecule has 7 heteroatoms. The molecule has 142 valence electrons. The molecule has 1 aromatic rings. The van der Waals surface area contributed by atoms with E-state index in [1.807, 2.05) is 18.2 Å². The van der Waals surface area contributed by atoms with Gasteiger partial charge in [0, 0.05) is 25.5 Å². The van der Waals surface area contributed by atoms with E-state index in [0.29, 0.717) is 26.0 Å². The minimum Gasteiger partial charge on any atom is -0.496 e. The van der Waals surface area contributed by atoms with Crippen LogP contribution in [0, 0.1) is 5.41 Å². The lowest BCUT2D eigenvalue weighted by Gasteiger charge is -2.37. The molecule has 2 rings (SSSR count). The first-order valence-electron chi connectivity index (χ1n) is 8.37. The van der Waals surface area contributed by atoms with E-state index in [0.717, 1.165) is 41.7 Å². The Morgan fingerprint density at radius 3 is 2.64 bits per heavy atom. The molecule has 0 saturated carbocycles. The minimum absolute atomic E-state index is 0. The summed E-state index contributed by atoms with van der Waals surface area (Å²) in [6.07, 6.45) is 3.27. The van der Waals surface area contributed by atoms with Crippen LogP contribution in [0.25, 0.3) is 0 Å². The summed E-state index contributed by atoms with van der Waals surface area (Å²) in [5, 5.41) is 6.47. The summed E-state index contributed by atoms with van der Waals surface area (Å²) in [6, 6.07) is 5.92. The van der Waals surface area contributed by atoms with Crippen molar-refractivity contribution in [2.24, 2.45) is 5.41 Å². The Balaban J connectivity index is 0.00000312. The van der Waals surface area contributed by atoms with Crippen molar-refractivity contribution in [2.45, 2.75) is 25.7 Å². The third-order valence-corrected chi connectivity index (χ3v) is 5.25. The Morgan fingerprint density at radius 2 is 2.04 bits per heavy atom. The van der Waals surface area contributed by atoms with Crippen molar-refractivity contribution in [3.05, 3.63) is 28.2 Å². The van der Waals surface area contributed by atoms with Crippen LogP contribution in [0.15, 0.2) is 22.7 Å². The lowest BCUT2D eigenvalue weighted by molar-refractivity contribution is -0.122. The summed E-state index contributed by atoms with van der Waals surface area (Å²) in [6.45, 7) is 3.35. The van der Waals surface area contributed by atoms with Crippen LogP contribution in [-0.4, -0.2) is 46.4 Å². The lowest BCUT2D eigenvalue weighted by atomic mass is 9.79. The molecule has 1 amide bonds. The van der Waals surface area contributed by atoms with E-state index in [9.17, 15) is 4.79 Å². The number of aryl methyl sites for hydroxylation is 1. The highest BCUT2D eigenvalue weighted by atomic mass is 79.9. The number of halogens is 2. The Bertz CT molecular complexity index is 546. The van der Waals surface area contributed by atoms with Gasteiger partial charge in [-0.3, -0.25) is 4.79 Å². The topological polar surface area (TPSA) is 59.6 Å². The largest absolute Gasteiger partial charge is 0.496 e. The molecule has 1 heterocycles.